The molecule has 0 aromatic heterocycles. The summed E-state index contributed by atoms with van der Waals surface area (Å²) < 4.78 is 0. The smallest absolute Gasteiger partial charge is 0.275 e. The molecule has 2 aliphatic carbocycles. The number of aryl methyl sites for hydroxylation is 2. The molecule has 146 valence electrons. The molecule has 1 aromatic carbocycles. The first-order chi connectivity index (χ1) is 13.7. The lowest BCUT2D eigenvalue weighted by Crippen LogP contribution is -2.43. The fraction of sp³-hybridized carbons (Fsp3) is 0.409. The van der Waals surface area contributed by atoms with Gasteiger partial charge in [-0.3, -0.25) is 10.1 Å². The van der Waals surface area contributed by atoms with Crippen LogP contribution < -0.4 is 5.73 Å². The van der Waals surface area contributed by atoms with Gasteiger partial charge in [0.15, 0.2) is 5.41 Å². The van der Waals surface area contributed by atoms with Gasteiger partial charge in [0.2, 0.25) is 0 Å². The second-order valence-corrected chi connectivity index (χ2v) is 7.76. The van der Waals surface area contributed by atoms with E-state index in [1.807, 2.05) is 13.0 Å². The summed E-state index contributed by atoms with van der Waals surface area (Å²) in [6.07, 6.45) is 4.27. The summed E-state index contributed by atoms with van der Waals surface area (Å²) in [5, 5.41) is 41.7. The number of nitrogens with zero attached hydrogens (tertiary/aromatic N) is 4. The van der Waals surface area contributed by atoms with Crippen LogP contribution in [0.3, 0.4) is 0 Å². The minimum absolute atomic E-state index is 0.00894. The van der Waals surface area contributed by atoms with Gasteiger partial charge in [-0.25, -0.2) is 0 Å². The molecule has 0 amide bonds. The predicted octanol–water partition coefficient (Wildman–Crippen LogP) is 4.11. The van der Waals surface area contributed by atoms with Gasteiger partial charge in [0.05, 0.1) is 28.3 Å². The summed E-state index contributed by atoms with van der Waals surface area (Å²) in [5.74, 6) is -0.954. The van der Waals surface area contributed by atoms with Crippen molar-refractivity contribution < 1.29 is 4.92 Å². The summed E-state index contributed by atoms with van der Waals surface area (Å²) in [6, 6.07) is 8.00. The SMILES string of the molecule is Cc1cc(C)c([N+](=O)[O-])c(C)c1[C@H]1[C@H]2CCCC=C2C(C#N)=C(N)C1(C#N)C#N. The van der Waals surface area contributed by atoms with Crippen LogP contribution >= 0.6 is 0 Å². The van der Waals surface area contributed by atoms with E-state index in [1.54, 1.807) is 19.9 Å². The fourth-order valence-electron chi connectivity index (χ4n) is 5.13. The third-order valence-electron chi connectivity index (χ3n) is 6.28. The minimum atomic E-state index is -1.76. The van der Waals surface area contributed by atoms with Crippen LogP contribution in [0.5, 0.6) is 0 Å². The molecule has 0 saturated heterocycles. The Balaban J connectivity index is 2.46. The number of benzene rings is 1. The molecule has 29 heavy (non-hydrogen) atoms. The Labute approximate surface area is 169 Å². The van der Waals surface area contributed by atoms with Gasteiger partial charge in [-0.2, -0.15) is 15.8 Å². The van der Waals surface area contributed by atoms with E-state index in [0.717, 1.165) is 24.0 Å². The van der Waals surface area contributed by atoms with Crippen LogP contribution in [0.2, 0.25) is 0 Å². The Morgan fingerprint density at radius 1 is 1.21 bits per heavy atom. The minimum Gasteiger partial charge on any atom is -0.399 e. The quantitative estimate of drug-likeness (QED) is 0.598. The maximum absolute atomic E-state index is 11.7. The van der Waals surface area contributed by atoms with Gasteiger partial charge in [-0.1, -0.05) is 6.08 Å². The molecular formula is C22H21N5O2. The molecule has 0 heterocycles. The summed E-state index contributed by atoms with van der Waals surface area (Å²) in [6.45, 7) is 5.18. The zero-order chi connectivity index (χ0) is 21.5. The first-order valence-corrected chi connectivity index (χ1v) is 9.43. The van der Waals surface area contributed by atoms with Gasteiger partial charge >= 0.3 is 0 Å². The molecule has 0 fully saturated rings. The lowest BCUT2D eigenvalue weighted by molar-refractivity contribution is -0.386. The lowest BCUT2D eigenvalue weighted by Gasteiger charge is -2.44. The molecule has 7 heteroatoms. The predicted molar refractivity (Wildman–Crippen MR) is 106 cm³/mol. The number of nitriles is 3. The van der Waals surface area contributed by atoms with Crippen molar-refractivity contribution in [1.82, 2.24) is 0 Å². The number of nitro groups is 1. The van der Waals surface area contributed by atoms with Crippen LogP contribution in [0.15, 0.2) is 29.0 Å². The van der Waals surface area contributed by atoms with E-state index < -0.39 is 16.3 Å². The summed E-state index contributed by atoms with van der Waals surface area (Å²) in [4.78, 5) is 11.3. The molecule has 1 aromatic rings. The third-order valence-corrected chi connectivity index (χ3v) is 6.28. The lowest BCUT2D eigenvalue weighted by atomic mass is 9.55. The Hall–Kier alpha value is -3.63. The molecule has 7 nitrogen and oxygen atoms in total. The highest BCUT2D eigenvalue weighted by Gasteiger charge is 2.54. The van der Waals surface area contributed by atoms with Crippen LogP contribution in [0.4, 0.5) is 5.69 Å². The summed E-state index contributed by atoms with van der Waals surface area (Å²) >= 11 is 0. The highest BCUT2D eigenvalue weighted by Crippen LogP contribution is 2.57. The van der Waals surface area contributed by atoms with Gasteiger partial charge in [-0.15, -0.1) is 0 Å². The number of nitro benzene ring substituents is 1. The molecule has 0 unspecified atom stereocenters. The number of allylic oxidation sites excluding steroid dienone is 4. The van der Waals surface area contributed by atoms with Crippen LogP contribution in [0.25, 0.3) is 0 Å². The van der Waals surface area contributed by atoms with E-state index in [1.165, 1.54) is 0 Å². The number of hydrogen-bond acceptors (Lipinski definition) is 6. The van der Waals surface area contributed by atoms with Gasteiger partial charge in [0.25, 0.3) is 5.69 Å². The highest BCUT2D eigenvalue weighted by molar-refractivity contribution is 5.63. The van der Waals surface area contributed by atoms with Crippen molar-refractivity contribution >= 4 is 5.69 Å². The van der Waals surface area contributed by atoms with Gasteiger partial charge in [-0.05, 0) is 68.7 Å². The second-order valence-electron chi connectivity index (χ2n) is 7.76. The zero-order valence-corrected chi connectivity index (χ0v) is 16.6. The van der Waals surface area contributed by atoms with Crippen LogP contribution in [-0.2, 0) is 0 Å². The number of hydrogen-bond donors (Lipinski definition) is 1. The van der Waals surface area contributed by atoms with Gasteiger partial charge in [0, 0.05) is 17.0 Å². The first kappa shape index (κ1) is 20.1. The molecule has 2 atom stereocenters. The monoisotopic (exact) mass is 387 g/mol. The van der Waals surface area contributed by atoms with Crippen molar-refractivity contribution in [3.63, 3.8) is 0 Å². The molecule has 0 saturated carbocycles. The van der Waals surface area contributed by atoms with Crippen molar-refractivity contribution in [2.24, 2.45) is 17.1 Å². The van der Waals surface area contributed by atoms with Crippen molar-refractivity contribution in [3.8, 4) is 18.2 Å². The average molecular weight is 387 g/mol. The van der Waals surface area contributed by atoms with Crippen molar-refractivity contribution in [1.29, 1.82) is 15.8 Å². The molecule has 0 bridgehead atoms. The summed E-state index contributed by atoms with van der Waals surface area (Å²) in [7, 11) is 0. The van der Waals surface area contributed by atoms with Gasteiger partial charge in [0.1, 0.15) is 6.07 Å². The summed E-state index contributed by atoms with van der Waals surface area (Å²) in [5.41, 5.74) is 7.80. The Bertz CT molecular complexity index is 1090. The first-order valence-electron chi connectivity index (χ1n) is 9.43. The number of rotatable bonds is 2. The van der Waals surface area contributed by atoms with E-state index in [9.17, 15) is 25.9 Å². The molecule has 0 radical (unpaired) electrons. The fourth-order valence-corrected chi connectivity index (χ4v) is 5.13. The molecule has 2 aliphatic rings. The molecular weight excluding hydrogens is 366 g/mol. The maximum atomic E-state index is 11.7. The molecule has 2 N–H and O–H groups in total. The topological polar surface area (TPSA) is 141 Å². The average Bonchev–Trinajstić information content (AvgIpc) is 2.68. The van der Waals surface area contributed by atoms with Crippen molar-refractivity contribution in [3.05, 3.63) is 61.4 Å². The maximum Gasteiger partial charge on any atom is 0.275 e. The number of fused-ring (bicyclic) bond motifs is 1. The molecule has 3 rings (SSSR count). The third kappa shape index (κ3) is 2.69. The Morgan fingerprint density at radius 2 is 1.86 bits per heavy atom. The van der Waals surface area contributed by atoms with Crippen LogP contribution in [0, 0.1) is 76.2 Å². The Kier molecular flexibility index (Phi) is 4.91. The standard InChI is InChI=1S/C22H21N5O2/c1-12-8-13(2)20(27(28)29)14(3)18(12)19-16-7-5-4-6-15(16)17(9-23)21(26)22(19,10-24)11-25/h6,8,16,19H,4-5,7,26H2,1-3H3/t16-,19+/m0/s1. The second kappa shape index (κ2) is 7.08. The number of nitrogens with two attached hydrogens (primary N) is 1. The van der Waals surface area contributed by atoms with Crippen molar-refractivity contribution in [2.45, 2.75) is 46.0 Å². The van der Waals surface area contributed by atoms with E-state index in [2.05, 4.69) is 18.2 Å². The van der Waals surface area contributed by atoms with Crippen LogP contribution in [-0.4, -0.2) is 4.92 Å². The Morgan fingerprint density at radius 3 is 2.41 bits per heavy atom. The largest absolute Gasteiger partial charge is 0.399 e. The van der Waals surface area contributed by atoms with Crippen LogP contribution in [0.1, 0.15) is 47.4 Å². The molecule has 0 aliphatic heterocycles. The van der Waals surface area contributed by atoms with Crippen molar-refractivity contribution in [2.75, 3.05) is 0 Å². The zero-order valence-electron chi connectivity index (χ0n) is 16.6. The van der Waals surface area contributed by atoms with E-state index in [-0.39, 0.29) is 22.9 Å². The van der Waals surface area contributed by atoms with E-state index >= 15 is 0 Å². The highest BCUT2D eigenvalue weighted by atomic mass is 16.6. The van der Waals surface area contributed by atoms with E-state index in [4.69, 9.17) is 5.73 Å². The molecule has 0 spiro atoms. The normalized spacial score (nSPS) is 22.6. The van der Waals surface area contributed by atoms with E-state index in [0.29, 0.717) is 23.1 Å². The van der Waals surface area contributed by atoms with Gasteiger partial charge < -0.3 is 5.73 Å².